The van der Waals surface area contributed by atoms with Crippen molar-refractivity contribution in [1.29, 1.82) is 0 Å². The van der Waals surface area contributed by atoms with E-state index in [2.05, 4.69) is 18.3 Å². The number of ether oxygens (including phenoxy) is 1. The number of nitro groups is 1. The van der Waals surface area contributed by atoms with E-state index in [9.17, 15) is 38.0 Å². The maximum absolute atomic E-state index is 12.7. The molecule has 0 aliphatic heterocycles. The van der Waals surface area contributed by atoms with E-state index in [0.717, 1.165) is 50.7 Å². The van der Waals surface area contributed by atoms with Gasteiger partial charge < -0.3 is 20.1 Å². The third-order valence-electron chi connectivity index (χ3n) is 10.1. The highest BCUT2D eigenvalue weighted by molar-refractivity contribution is 6.18. The van der Waals surface area contributed by atoms with E-state index in [4.69, 9.17) is 27.9 Å². The number of aryl methyl sites for hydroxylation is 1. The number of hydrogen-bond acceptors (Lipinski definition) is 6. The number of rotatable bonds is 8. The Labute approximate surface area is 288 Å². The molecule has 48 heavy (non-hydrogen) atoms. The number of aliphatic hydroxyl groups excluding tert-OH is 1. The van der Waals surface area contributed by atoms with Crippen LogP contribution in [-0.2, 0) is 17.4 Å². The summed E-state index contributed by atoms with van der Waals surface area (Å²) in [6, 6.07) is 8.47. The van der Waals surface area contributed by atoms with Gasteiger partial charge in [0, 0.05) is 42.5 Å². The molecule has 3 aliphatic carbocycles. The SMILES string of the molecule is CC(C)C(=O)Nc1ccc([N+](=O)[O-])c(C(F)(F)F)c1.C[C@]12CC[C@@H]3c4ccc(OC(=O)N(CCCl)CCCl)cc4CC[C@H]3[C@@H]1CC[C@@H]2O. The molecule has 5 rings (SSSR count). The van der Waals surface area contributed by atoms with Crippen molar-refractivity contribution in [2.75, 3.05) is 30.2 Å². The number of anilines is 1. The number of amides is 2. The second-order valence-corrected chi connectivity index (χ2v) is 14.0. The van der Waals surface area contributed by atoms with Crippen molar-refractivity contribution in [1.82, 2.24) is 4.90 Å². The second-order valence-electron chi connectivity index (χ2n) is 13.3. The molecule has 3 aliphatic rings. The van der Waals surface area contributed by atoms with E-state index in [0.29, 0.717) is 54.4 Å². The number of carbonyl (C=O) groups excluding carboxylic acids is 2. The molecule has 0 aromatic heterocycles. The first-order valence-corrected chi connectivity index (χ1v) is 17.2. The molecule has 2 N–H and O–H groups in total. The highest BCUT2D eigenvalue weighted by Gasteiger charge is 2.54. The van der Waals surface area contributed by atoms with Gasteiger partial charge in [-0.05, 0) is 97.1 Å². The summed E-state index contributed by atoms with van der Waals surface area (Å²) in [5.74, 6) is 2.28. The Hall–Kier alpha value is -3.09. The van der Waals surface area contributed by atoms with Gasteiger partial charge in [0.15, 0.2) is 0 Å². The molecule has 0 bridgehead atoms. The molecule has 0 radical (unpaired) electrons. The molecular formula is C34H42Cl2F3N3O6. The predicted molar refractivity (Wildman–Crippen MR) is 178 cm³/mol. The molecule has 2 amide bonds. The summed E-state index contributed by atoms with van der Waals surface area (Å²) in [4.78, 5) is 34.8. The number of nitrogens with one attached hydrogen (secondary N) is 1. The Bertz CT molecular complexity index is 1490. The van der Waals surface area contributed by atoms with Crippen LogP contribution < -0.4 is 10.1 Å². The van der Waals surface area contributed by atoms with Crippen LogP contribution in [0.4, 0.5) is 29.3 Å². The molecule has 0 unspecified atom stereocenters. The van der Waals surface area contributed by atoms with Gasteiger partial charge in [0.1, 0.15) is 11.3 Å². The number of hydrogen-bond donors (Lipinski definition) is 2. The molecule has 0 heterocycles. The van der Waals surface area contributed by atoms with Gasteiger partial charge >= 0.3 is 12.3 Å². The fraction of sp³-hybridized carbons (Fsp3) is 0.588. The summed E-state index contributed by atoms with van der Waals surface area (Å²) >= 11 is 11.6. The van der Waals surface area contributed by atoms with Crippen LogP contribution in [0, 0.1) is 33.3 Å². The van der Waals surface area contributed by atoms with Gasteiger partial charge in [0.05, 0.1) is 11.0 Å². The summed E-state index contributed by atoms with van der Waals surface area (Å²) in [7, 11) is 0. The van der Waals surface area contributed by atoms with Crippen molar-refractivity contribution in [2.24, 2.45) is 23.2 Å². The van der Waals surface area contributed by atoms with E-state index in [-0.39, 0.29) is 17.2 Å². The zero-order valence-electron chi connectivity index (χ0n) is 27.2. The fourth-order valence-electron chi connectivity index (χ4n) is 7.55. The first-order valence-electron chi connectivity index (χ1n) is 16.2. The molecule has 0 saturated heterocycles. The van der Waals surface area contributed by atoms with Crippen LogP contribution in [0.1, 0.15) is 75.5 Å². The minimum Gasteiger partial charge on any atom is -0.410 e. The minimum absolute atomic E-state index is 0.0996. The van der Waals surface area contributed by atoms with Crippen molar-refractivity contribution in [2.45, 2.75) is 77.5 Å². The summed E-state index contributed by atoms with van der Waals surface area (Å²) in [5, 5.41) is 23.3. The second kappa shape index (κ2) is 15.6. The van der Waals surface area contributed by atoms with Gasteiger partial charge in [-0.3, -0.25) is 14.9 Å². The van der Waals surface area contributed by atoms with Crippen LogP contribution in [0.5, 0.6) is 5.75 Å². The first kappa shape index (κ1) is 37.7. The van der Waals surface area contributed by atoms with Crippen molar-refractivity contribution in [3.63, 3.8) is 0 Å². The molecule has 2 fully saturated rings. The molecule has 2 aromatic carbocycles. The number of carbonyl (C=O) groups is 2. The molecule has 5 atom stereocenters. The summed E-state index contributed by atoms with van der Waals surface area (Å²) in [5.41, 5.74) is 0.260. The number of nitro benzene ring substituents is 1. The number of aliphatic hydroxyl groups is 1. The minimum atomic E-state index is -4.86. The van der Waals surface area contributed by atoms with Gasteiger partial charge in [-0.15, -0.1) is 23.2 Å². The largest absolute Gasteiger partial charge is 0.423 e. The third-order valence-corrected chi connectivity index (χ3v) is 10.4. The first-order chi connectivity index (χ1) is 22.6. The van der Waals surface area contributed by atoms with E-state index in [1.54, 1.807) is 18.7 Å². The zero-order valence-corrected chi connectivity index (χ0v) is 28.7. The Morgan fingerprint density at radius 2 is 1.79 bits per heavy atom. The lowest BCUT2D eigenvalue weighted by molar-refractivity contribution is -0.388. The Balaban J connectivity index is 0.000000239. The van der Waals surface area contributed by atoms with E-state index >= 15 is 0 Å². The topological polar surface area (TPSA) is 122 Å². The fourth-order valence-corrected chi connectivity index (χ4v) is 7.95. The molecule has 0 spiro atoms. The van der Waals surface area contributed by atoms with Gasteiger partial charge in [0.2, 0.25) is 5.91 Å². The van der Waals surface area contributed by atoms with Crippen LogP contribution in [0.2, 0.25) is 0 Å². The summed E-state index contributed by atoms with van der Waals surface area (Å²) in [6.45, 7) is 6.30. The number of alkyl halides is 5. The lowest BCUT2D eigenvalue weighted by atomic mass is 9.55. The molecule has 9 nitrogen and oxygen atoms in total. The summed E-state index contributed by atoms with van der Waals surface area (Å²) < 4.78 is 43.6. The molecule has 2 saturated carbocycles. The smallest absolute Gasteiger partial charge is 0.410 e. The van der Waals surface area contributed by atoms with E-state index in [1.807, 2.05) is 12.1 Å². The average molecular weight is 717 g/mol. The van der Waals surface area contributed by atoms with Crippen molar-refractivity contribution >= 4 is 46.6 Å². The van der Waals surface area contributed by atoms with Gasteiger partial charge in [0.25, 0.3) is 5.69 Å². The van der Waals surface area contributed by atoms with E-state index in [1.165, 1.54) is 11.1 Å². The lowest BCUT2D eigenvalue weighted by Gasteiger charge is -2.50. The number of halogens is 5. The van der Waals surface area contributed by atoms with Crippen LogP contribution >= 0.6 is 23.2 Å². The molecule has 14 heteroatoms. The quantitative estimate of drug-likeness (QED) is 0.161. The Kier molecular flexibility index (Phi) is 12.3. The van der Waals surface area contributed by atoms with Gasteiger partial charge in [-0.25, -0.2) is 4.79 Å². The zero-order chi connectivity index (χ0) is 35.4. The van der Waals surface area contributed by atoms with Crippen molar-refractivity contribution in [3.8, 4) is 5.75 Å². The molecule has 264 valence electrons. The van der Waals surface area contributed by atoms with Gasteiger partial charge in [-0.2, -0.15) is 13.2 Å². The van der Waals surface area contributed by atoms with Crippen molar-refractivity contribution in [3.05, 3.63) is 63.2 Å². The highest BCUT2D eigenvalue weighted by atomic mass is 35.5. The average Bonchev–Trinajstić information content (AvgIpc) is 3.34. The lowest BCUT2D eigenvalue weighted by Crippen LogP contribution is -2.43. The van der Waals surface area contributed by atoms with Crippen LogP contribution in [0.15, 0.2) is 36.4 Å². The van der Waals surface area contributed by atoms with Crippen LogP contribution in [0.25, 0.3) is 0 Å². The predicted octanol–water partition coefficient (Wildman–Crippen LogP) is 8.39. The highest BCUT2D eigenvalue weighted by Crippen LogP contribution is 2.61. The number of fused-ring (bicyclic) bond motifs is 5. The van der Waals surface area contributed by atoms with Crippen LogP contribution in [-0.4, -0.2) is 57.9 Å². The Morgan fingerprint density at radius 1 is 1.10 bits per heavy atom. The van der Waals surface area contributed by atoms with E-state index < -0.39 is 40.3 Å². The third kappa shape index (κ3) is 8.37. The Morgan fingerprint density at radius 3 is 2.40 bits per heavy atom. The normalized spacial score (nSPS) is 24.4. The maximum Gasteiger partial charge on any atom is 0.423 e. The standard InChI is InChI=1S/C23H31Cl2NO3.C11H11F3N2O3/c1-23-9-8-18-17-5-3-16(29-22(28)26(12-10-24)13-11-25)14-15(17)2-4-19(18)20(23)6-7-21(23)27;1-6(2)10(17)15-7-3-4-9(16(18)19)8(5-7)11(12,13)14/h3,5,14,18-21,27H,2,4,6-13H2,1H3;3-6H,1-2H3,(H,15,17)/t18-,19-,20+,21+,23+;/m1./s1. The number of nitrogens with zero attached hydrogens (tertiary/aromatic N) is 2. The van der Waals surface area contributed by atoms with Crippen LogP contribution in [0.3, 0.4) is 0 Å². The maximum atomic E-state index is 12.7. The van der Waals surface area contributed by atoms with Gasteiger partial charge in [-0.1, -0.05) is 26.8 Å². The molecular weight excluding hydrogens is 674 g/mol. The summed E-state index contributed by atoms with van der Waals surface area (Å²) in [6.07, 6.45) is 1.12. The monoisotopic (exact) mass is 715 g/mol. The van der Waals surface area contributed by atoms with Crippen molar-refractivity contribution < 1.29 is 37.5 Å². The molecule has 2 aromatic rings. The number of benzene rings is 2.